The van der Waals surface area contributed by atoms with E-state index in [4.69, 9.17) is 0 Å². The van der Waals surface area contributed by atoms with Crippen molar-refractivity contribution in [1.82, 2.24) is 0 Å². The molecule has 0 saturated carbocycles. The van der Waals surface area contributed by atoms with Crippen LogP contribution in [0.15, 0.2) is 54.1 Å². The molecule has 1 aliphatic rings. The van der Waals surface area contributed by atoms with Gasteiger partial charge in [0.25, 0.3) is 5.91 Å². The van der Waals surface area contributed by atoms with Gasteiger partial charge in [0.2, 0.25) is 0 Å². The van der Waals surface area contributed by atoms with E-state index in [9.17, 15) is 10.1 Å². The molecule has 1 aliphatic heterocycles. The fourth-order valence-corrected chi connectivity index (χ4v) is 2.97. The Kier molecular flexibility index (Phi) is 5.15. The Balaban J connectivity index is 1.74. The Morgan fingerprint density at radius 3 is 2.44 bits per heavy atom. The molecule has 0 aliphatic carbocycles. The van der Waals surface area contributed by atoms with Crippen LogP contribution < -0.4 is 10.2 Å². The molecule has 0 unspecified atom stereocenters. The van der Waals surface area contributed by atoms with Crippen molar-refractivity contribution in [3.63, 3.8) is 0 Å². The molecule has 2 aromatic rings. The maximum atomic E-state index is 12.4. The van der Waals surface area contributed by atoms with Crippen molar-refractivity contribution in [2.75, 3.05) is 23.3 Å². The fraction of sp³-hybridized carbons (Fsp3) is 0.238. The number of nitrogens with one attached hydrogen (secondary N) is 1. The summed E-state index contributed by atoms with van der Waals surface area (Å²) in [7, 11) is 0. The number of nitriles is 1. The zero-order valence-electron chi connectivity index (χ0n) is 14.3. The normalized spacial score (nSPS) is 14.2. The maximum Gasteiger partial charge on any atom is 0.266 e. The Bertz CT molecular complexity index is 825. The molecule has 0 spiro atoms. The van der Waals surface area contributed by atoms with E-state index < -0.39 is 0 Å². The van der Waals surface area contributed by atoms with E-state index in [0.29, 0.717) is 0 Å². The lowest BCUT2D eigenvalue weighted by Gasteiger charge is -2.17. The quantitative estimate of drug-likeness (QED) is 0.676. The van der Waals surface area contributed by atoms with Crippen LogP contribution in [0.2, 0.25) is 0 Å². The van der Waals surface area contributed by atoms with Crippen molar-refractivity contribution < 1.29 is 4.79 Å². The molecule has 1 saturated heterocycles. The highest BCUT2D eigenvalue weighted by Gasteiger charge is 2.13. The summed E-state index contributed by atoms with van der Waals surface area (Å²) in [6.45, 7) is 4.11. The Morgan fingerprint density at radius 1 is 1.12 bits per heavy atom. The number of hydrogen-bond donors (Lipinski definition) is 1. The van der Waals surface area contributed by atoms with Gasteiger partial charge in [-0.2, -0.15) is 5.26 Å². The lowest BCUT2D eigenvalue weighted by atomic mass is 10.1. The van der Waals surface area contributed by atoms with Crippen LogP contribution in [-0.4, -0.2) is 19.0 Å². The van der Waals surface area contributed by atoms with Gasteiger partial charge < -0.3 is 10.2 Å². The summed E-state index contributed by atoms with van der Waals surface area (Å²) < 4.78 is 0. The first-order valence-electron chi connectivity index (χ1n) is 8.51. The molecule has 1 amide bonds. The number of hydrogen-bond acceptors (Lipinski definition) is 3. The molecule has 1 N–H and O–H groups in total. The summed E-state index contributed by atoms with van der Waals surface area (Å²) >= 11 is 0. The summed E-state index contributed by atoms with van der Waals surface area (Å²) in [5.41, 5.74) is 3.82. The van der Waals surface area contributed by atoms with Crippen molar-refractivity contribution in [2.45, 2.75) is 19.8 Å². The largest absolute Gasteiger partial charge is 0.372 e. The van der Waals surface area contributed by atoms with E-state index in [2.05, 4.69) is 10.2 Å². The molecule has 4 nitrogen and oxygen atoms in total. The van der Waals surface area contributed by atoms with Crippen molar-refractivity contribution in [3.05, 3.63) is 65.2 Å². The standard InChI is InChI=1S/C21H21N3O/c1-16-6-2-3-7-20(16)23-21(25)18(15-22)14-17-8-10-19(11-9-17)24-12-4-5-13-24/h2-3,6-11,14H,4-5,12-13H2,1H3,(H,23,25)/b18-14+. The molecule has 2 aromatic carbocycles. The first-order valence-corrected chi connectivity index (χ1v) is 8.51. The van der Waals surface area contributed by atoms with Gasteiger partial charge >= 0.3 is 0 Å². The van der Waals surface area contributed by atoms with E-state index in [1.165, 1.54) is 18.5 Å². The third-order valence-electron chi connectivity index (χ3n) is 4.43. The Labute approximate surface area is 148 Å². The van der Waals surface area contributed by atoms with Crippen LogP contribution in [-0.2, 0) is 4.79 Å². The van der Waals surface area contributed by atoms with Crippen molar-refractivity contribution in [1.29, 1.82) is 5.26 Å². The molecule has 0 aromatic heterocycles. The predicted molar refractivity (Wildman–Crippen MR) is 101 cm³/mol. The van der Waals surface area contributed by atoms with Crippen molar-refractivity contribution in [2.24, 2.45) is 0 Å². The summed E-state index contributed by atoms with van der Waals surface area (Å²) in [6.07, 6.45) is 4.10. The van der Waals surface area contributed by atoms with Gasteiger partial charge in [-0.15, -0.1) is 0 Å². The summed E-state index contributed by atoms with van der Waals surface area (Å²) in [6, 6.07) is 17.5. The molecular weight excluding hydrogens is 310 g/mol. The highest BCUT2D eigenvalue weighted by molar-refractivity contribution is 6.09. The fourth-order valence-electron chi connectivity index (χ4n) is 2.97. The molecule has 1 fully saturated rings. The minimum Gasteiger partial charge on any atom is -0.372 e. The monoisotopic (exact) mass is 331 g/mol. The SMILES string of the molecule is Cc1ccccc1NC(=O)/C(C#N)=C/c1ccc(N2CCCC2)cc1. The third kappa shape index (κ3) is 4.07. The molecule has 0 radical (unpaired) electrons. The molecule has 4 heteroatoms. The lowest BCUT2D eigenvalue weighted by Crippen LogP contribution is -2.17. The summed E-state index contributed by atoms with van der Waals surface area (Å²) in [4.78, 5) is 14.7. The highest BCUT2D eigenvalue weighted by Crippen LogP contribution is 2.21. The van der Waals surface area contributed by atoms with Crippen LogP contribution in [0.3, 0.4) is 0 Å². The topological polar surface area (TPSA) is 56.1 Å². The highest BCUT2D eigenvalue weighted by atomic mass is 16.1. The minimum atomic E-state index is -0.389. The molecule has 1 heterocycles. The van der Waals surface area contributed by atoms with Gasteiger partial charge in [0.05, 0.1) is 0 Å². The van der Waals surface area contributed by atoms with Gasteiger partial charge in [0, 0.05) is 24.5 Å². The number of anilines is 2. The molecular formula is C21H21N3O. The number of benzene rings is 2. The van der Waals surface area contributed by atoms with Gasteiger partial charge in [0.1, 0.15) is 11.6 Å². The number of nitrogens with zero attached hydrogens (tertiary/aromatic N) is 2. The second kappa shape index (κ2) is 7.67. The van der Waals surface area contributed by atoms with Gasteiger partial charge in [-0.05, 0) is 55.2 Å². The first-order chi connectivity index (χ1) is 12.2. The van der Waals surface area contributed by atoms with E-state index >= 15 is 0 Å². The second-order valence-electron chi connectivity index (χ2n) is 6.22. The van der Waals surface area contributed by atoms with Gasteiger partial charge in [0.15, 0.2) is 0 Å². The number of carbonyl (C=O) groups excluding carboxylic acids is 1. The smallest absolute Gasteiger partial charge is 0.266 e. The molecule has 0 bridgehead atoms. The number of rotatable bonds is 4. The van der Waals surface area contributed by atoms with Gasteiger partial charge in [-0.1, -0.05) is 30.3 Å². The van der Waals surface area contributed by atoms with Crippen LogP contribution in [0.1, 0.15) is 24.0 Å². The average Bonchev–Trinajstić information content (AvgIpc) is 3.16. The molecule has 126 valence electrons. The molecule has 3 rings (SSSR count). The van der Waals surface area contributed by atoms with Crippen molar-refractivity contribution >= 4 is 23.4 Å². The van der Waals surface area contributed by atoms with Gasteiger partial charge in [-0.3, -0.25) is 4.79 Å². The molecule has 0 atom stereocenters. The van der Waals surface area contributed by atoms with E-state index in [1.807, 2.05) is 61.5 Å². The zero-order chi connectivity index (χ0) is 17.6. The number of para-hydroxylation sites is 1. The Hall–Kier alpha value is -3.06. The van der Waals surface area contributed by atoms with E-state index in [0.717, 1.165) is 29.9 Å². The van der Waals surface area contributed by atoms with Crippen LogP contribution in [0.25, 0.3) is 6.08 Å². The summed E-state index contributed by atoms with van der Waals surface area (Å²) in [5, 5.41) is 12.1. The zero-order valence-corrected chi connectivity index (χ0v) is 14.3. The van der Waals surface area contributed by atoms with Crippen LogP contribution in [0.4, 0.5) is 11.4 Å². The van der Waals surface area contributed by atoms with Crippen LogP contribution >= 0.6 is 0 Å². The molecule has 25 heavy (non-hydrogen) atoms. The summed E-state index contributed by atoms with van der Waals surface area (Å²) in [5.74, 6) is -0.389. The Morgan fingerprint density at radius 2 is 1.80 bits per heavy atom. The number of aryl methyl sites for hydroxylation is 1. The second-order valence-corrected chi connectivity index (χ2v) is 6.22. The first kappa shape index (κ1) is 16.8. The van der Waals surface area contributed by atoms with Crippen LogP contribution in [0, 0.1) is 18.3 Å². The van der Waals surface area contributed by atoms with Crippen molar-refractivity contribution in [3.8, 4) is 6.07 Å². The van der Waals surface area contributed by atoms with Gasteiger partial charge in [-0.25, -0.2) is 0 Å². The predicted octanol–water partition coefficient (Wildman–Crippen LogP) is 4.14. The third-order valence-corrected chi connectivity index (χ3v) is 4.43. The minimum absolute atomic E-state index is 0.0946. The number of carbonyl (C=O) groups is 1. The average molecular weight is 331 g/mol. The van der Waals surface area contributed by atoms with Crippen LogP contribution in [0.5, 0.6) is 0 Å². The maximum absolute atomic E-state index is 12.4. The van der Waals surface area contributed by atoms with E-state index in [1.54, 1.807) is 6.08 Å². The van der Waals surface area contributed by atoms with E-state index in [-0.39, 0.29) is 11.5 Å². The lowest BCUT2D eigenvalue weighted by molar-refractivity contribution is -0.112. The number of amides is 1.